The zero-order chi connectivity index (χ0) is 29.1. The maximum absolute atomic E-state index is 13.5. The molecule has 226 valence electrons. The molecule has 7 rings (SSSR count). The van der Waals surface area contributed by atoms with Crippen LogP contribution >= 0.6 is 0 Å². The molecule has 5 saturated carbocycles. The van der Waals surface area contributed by atoms with E-state index in [1.54, 1.807) is 45.6 Å². The first-order valence-electron chi connectivity index (χ1n) is 14.8. The number of ether oxygens (including phenoxy) is 5. The van der Waals surface area contributed by atoms with Gasteiger partial charge in [-0.3, -0.25) is 0 Å². The third kappa shape index (κ3) is 3.18. The van der Waals surface area contributed by atoms with Crippen LogP contribution in [-0.2, 0) is 23.7 Å². The Morgan fingerprint density at radius 3 is 2.37 bits per heavy atom. The SMILES string of the molecule is COC[C@]12CN(C)C3C4[C@H](OC)C1[C@@]3([C@@H](OC)C[C@H]2O)[C@@H]1C[C@]2(O)C(OC)[C@H](O)[C@H]4[C@H]1[C@H]2OC(=O)c1ccccc1. The van der Waals surface area contributed by atoms with Gasteiger partial charge in [-0.15, -0.1) is 0 Å². The van der Waals surface area contributed by atoms with Crippen LogP contribution in [0.2, 0.25) is 0 Å². The molecule has 1 heterocycles. The molecule has 10 heteroatoms. The maximum Gasteiger partial charge on any atom is 0.338 e. The molecule has 0 aromatic heterocycles. The van der Waals surface area contributed by atoms with Crippen molar-refractivity contribution < 1.29 is 43.8 Å². The van der Waals surface area contributed by atoms with Crippen molar-refractivity contribution in [2.75, 3.05) is 48.6 Å². The van der Waals surface area contributed by atoms with E-state index in [1.165, 1.54) is 7.11 Å². The summed E-state index contributed by atoms with van der Waals surface area (Å²) in [7, 11) is 8.66. The van der Waals surface area contributed by atoms with Gasteiger partial charge >= 0.3 is 5.97 Å². The van der Waals surface area contributed by atoms with E-state index in [0.717, 1.165) is 0 Å². The number of hydrogen-bond acceptors (Lipinski definition) is 10. The molecular formula is C31H43NO9. The number of piperidine rings is 1. The highest BCUT2D eigenvalue weighted by molar-refractivity contribution is 5.89. The number of esters is 1. The molecule has 0 radical (unpaired) electrons. The first-order valence-corrected chi connectivity index (χ1v) is 14.8. The van der Waals surface area contributed by atoms with Gasteiger partial charge in [-0.2, -0.15) is 0 Å². The molecule has 6 fully saturated rings. The molecule has 0 amide bonds. The summed E-state index contributed by atoms with van der Waals surface area (Å²) in [6, 6.07) is 8.76. The van der Waals surface area contributed by atoms with Crippen molar-refractivity contribution in [3.8, 4) is 0 Å². The molecular weight excluding hydrogens is 530 g/mol. The van der Waals surface area contributed by atoms with Crippen molar-refractivity contribution in [3.63, 3.8) is 0 Å². The molecule has 1 aromatic carbocycles. The van der Waals surface area contributed by atoms with E-state index in [2.05, 4.69) is 11.9 Å². The van der Waals surface area contributed by atoms with Gasteiger partial charge in [0.15, 0.2) is 0 Å². The van der Waals surface area contributed by atoms with Crippen LogP contribution in [0.3, 0.4) is 0 Å². The molecule has 1 saturated heterocycles. The molecule has 15 atom stereocenters. The molecule has 4 unspecified atom stereocenters. The highest BCUT2D eigenvalue weighted by Crippen LogP contribution is 2.79. The fourth-order valence-electron chi connectivity index (χ4n) is 11.8. The predicted molar refractivity (Wildman–Crippen MR) is 145 cm³/mol. The second-order valence-electron chi connectivity index (χ2n) is 13.6. The smallest absolute Gasteiger partial charge is 0.338 e. The molecule has 5 aliphatic carbocycles. The highest BCUT2D eigenvalue weighted by Gasteiger charge is 2.87. The van der Waals surface area contributed by atoms with Gasteiger partial charge in [0.1, 0.15) is 17.8 Å². The van der Waals surface area contributed by atoms with Crippen LogP contribution in [0.25, 0.3) is 0 Å². The fraction of sp³-hybridized carbons (Fsp3) is 0.774. The summed E-state index contributed by atoms with van der Waals surface area (Å²) in [5, 5.41) is 36.3. The Bertz CT molecular complexity index is 1190. The van der Waals surface area contributed by atoms with Gasteiger partial charge in [0.05, 0.1) is 36.6 Å². The predicted octanol–water partition coefficient (Wildman–Crippen LogP) is 0.572. The first kappa shape index (κ1) is 28.2. The van der Waals surface area contributed by atoms with Gasteiger partial charge in [0.25, 0.3) is 0 Å². The number of carbonyl (C=O) groups is 1. The van der Waals surface area contributed by atoms with Crippen LogP contribution in [0.15, 0.2) is 30.3 Å². The molecule has 41 heavy (non-hydrogen) atoms. The quantitative estimate of drug-likeness (QED) is 0.399. The van der Waals surface area contributed by atoms with Gasteiger partial charge in [-0.25, -0.2) is 4.79 Å². The van der Waals surface area contributed by atoms with E-state index >= 15 is 0 Å². The zero-order valence-corrected chi connectivity index (χ0v) is 24.4. The average molecular weight is 574 g/mol. The summed E-state index contributed by atoms with van der Waals surface area (Å²) >= 11 is 0. The van der Waals surface area contributed by atoms with E-state index in [-0.39, 0.29) is 54.3 Å². The van der Waals surface area contributed by atoms with Crippen molar-refractivity contribution >= 4 is 5.97 Å². The molecule has 1 aliphatic heterocycles. The number of aliphatic hydroxyl groups is 3. The summed E-state index contributed by atoms with van der Waals surface area (Å²) < 4.78 is 30.7. The molecule has 7 bridgehead atoms. The van der Waals surface area contributed by atoms with E-state index < -0.39 is 46.8 Å². The lowest BCUT2D eigenvalue weighted by Gasteiger charge is -2.68. The number of methoxy groups -OCH3 is 4. The van der Waals surface area contributed by atoms with E-state index in [9.17, 15) is 20.1 Å². The van der Waals surface area contributed by atoms with Crippen molar-refractivity contribution in [1.29, 1.82) is 0 Å². The summed E-state index contributed by atoms with van der Waals surface area (Å²) in [5.41, 5.74) is -2.37. The van der Waals surface area contributed by atoms with Crippen molar-refractivity contribution in [1.82, 2.24) is 4.90 Å². The Balaban J connectivity index is 1.44. The lowest BCUT2D eigenvalue weighted by Crippen LogP contribution is -2.77. The summed E-state index contributed by atoms with van der Waals surface area (Å²) in [4.78, 5) is 15.8. The topological polar surface area (TPSA) is 127 Å². The van der Waals surface area contributed by atoms with Crippen LogP contribution in [0.4, 0.5) is 0 Å². The number of fused-ring (bicyclic) bond motifs is 2. The Morgan fingerprint density at radius 1 is 1.00 bits per heavy atom. The summed E-state index contributed by atoms with van der Waals surface area (Å²) in [5.74, 6) is -1.75. The number of benzene rings is 1. The second-order valence-corrected chi connectivity index (χ2v) is 13.6. The monoisotopic (exact) mass is 573 g/mol. The number of nitrogens with zero attached hydrogens (tertiary/aromatic N) is 1. The van der Waals surface area contributed by atoms with Gasteiger partial charge in [0, 0.05) is 81.9 Å². The Labute approximate surface area is 240 Å². The van der Waals surface area contributed by atoms with E-state index in [0.29, 0.717) is 25.1 Å². The van der Waals surface area contributed by atoms with Gasteiger partial charge in [0.2, 0.25) is 0 Å². The van der Waals surface area contributed by atoms with E-state index in [4.69, 9.17) is 23.7 Å². The number of carbonyl (C=O) groups excluding carboxylic acids is 1. The average Bonchev–Trinajstić information content (AvgIpc) is 3.32. The molecule has 3 N–H and O–H groups in total. The largest absolute Gasteiger partial charge is 0.455 e. The zero-order valence-electron chi connectivity index (χ0n) is 24.4. The van der Waals surface area contributed by atoms with Gasteiger partial charge in [-0.1, -0.05) is 18.2 Å². The number of rotatable bonds is 7. The Kier molecular flexibility index (Phi) is 6.48. The van der Waals surface area contributed by atoms with Gasteiger partial charge < -0.3 is 43.9 Å². The lowest BCUT2D eigenvalue weighted by molar-refractivity contribution is -0.283. The minimum atomic E-state index is -1.60. The standard InChI is InChI=1S/C31H43NO9/c1-32-13-29(14-37-2)17(33)11-18(38-3)31-16-12-30(36)26(41-28(35)15-9-7-6-8-10-15)19(16)20(22(34)27(30)40-5)21(25(31)32)23(39-4)24(29)31/h6-10,16-27,33-34,36H,11-14H2,1-5H3/t16-,17-,18+,19+,20+,21?,22-,23+,24?,25?,26-,27?,29+,30-,31+/m1/s1. The van der Waals surface area contributed by atoms with Crippen LogP contribution in [-0.4, -0.2) is 123 Å². The van der Waals surface area contributed by atoms with Gasteiger partial charge in [-0.05, 0) is 31.5 Å². The normalized spacial score (nSPS) is 52.9. The number of aliphatic hydroxyl groups excluding tert-OH is 2. The summed E-state index contributed by atoms with van der Waals surface area (Å²) in [6.07, 6.45) is -3.45. The number of likely N-dealkylation sites (tertiary alicyclic amines) is 1. The Morgan fingerprint density at radius 2 is 1.73 bits per heavy atom. The second kappa shape index (κ2) is 9.43. The van der Waals surface area contributed by atoms with Crippen LogP contribution in [0.5, 0.6) is 0 Å². The van der Waals surface area contributed by atoms with Crippen molar-refractivity contribution in [3.05, 3.63) is 35.9 Å². The Hall–Kier alpha value is -1.63. The van der Waals surface area contributed by atoms with Crippen molar-refractivity contribution in [2.45, 2.75) is 61.1 Å². The maximum atomic E-state index is 13.5. The molecule has 10 nitrogen and oxygen atoms in total. The summed E-state index contributed by atoms with van der Waals surface area (Å²) in [6.45, 7) is 0.971. The van der Waals surface area contributed by atoms with Crippen molar-refractivity contribution in [2.24, 2.45) is 40.4 Å². The number of hydrogen-bond donors (Lipinski definition) is 3. The third-order valence-electron chi connectivity index (χ3n) is 12.5. The molecule has 1 spiro atoms. The minimum Gasteiger partial charge on any atom is -0.455 e. The van der Waals surface area contributed by atoms with Crippen LogP contribution < -0.4 is 0 Å². The highest BCUT2D eigenvalue weighted by atomic mass is 16.6. The third-order valence-corrected chi connectivity index (χ3v) is 12.5. The fourth-order valence-corrected chi connectivity index (χ4v) is 11.8. The minimum absolute atomic E-state index is 0.0378. The molecule has 1 aromatic rings. The van der Waals surface area contributed by atoms with Crippen LogP contribution in [0, 0.1) is 40.4 Å². The first-order chi connectivity index (χ1) is 19.7. The molecule has 6 aliphatic rings. The van der Waals surface area contributed by atoms with E-state index in [1.807, 2.05) is 6.07 Å². The lowest BCUT2D eigenvalue weighted by atomic mass is 9.43. The van der Waals surface area contributed by atoms with Crippen LogP contribution in [0.1, 0.15) is 23.2 Å².